The van der Waals surface area contributed by atoms with E-state index in [4.69, 9.17) is 10.5 Å². The summed E-state index contributed by atoms with van der Waals surface area (Å²) < 4.78 is 5.54. The monoisotopic (exact) mass is 292 g/mol. The lowest BCUT2D eigenvalue weighted by atomic mass is 10.2. The molecule has 1 aromatic heterocycles. The van der Waals surface area contributed by atoms with E-state index in [2.05, 4.69) is 9.88 Å². The maximum Gasteiger partial charge on any atom is 0.248 e. The standard InChI is InChI=1S/C15H24N4O2/c1-15(2,3)21-11-13(20)18-7-9-19(10-8-18)14-12(16)5-4-6-17-14/h4-6H,7-11,16H2,1-3H3. The van der Waals surface area contributed by atoms with Crippen molar-refractivity contribution in [3.05, 3.63) is 18.3 Å². The molecule has 0 radical (unpaired) electrons. The zero-order valence-corrected chi connectivity index (χ0v) is 13.0. The Labute approximate surface area is 125 Å². The molecule has 0 saturated carbocycles. The molecule has 1 amide bonds. The van der Waals surface area contributed by atoms with E-state index in [1.165, 1.54) is 0 Å². The number of carbonyl (C=O) groups is 1. The Morgan fingerprint density at radius 1 is 1.33 bits per heavy atom. The van der Waals surface area contributed by atoms with Gasteiger partial charge in [0.1, 0.15) is 6.61 Å². The molecule has 1 saturated heterocycles. The molecule has 2 N–H and O–H groups in total. The van der Waals surface area contributed by atoms with Crippen molar-refractivity contribution in [2.24, 2.45) is 0 Å². The summed E-state index contributed by atoms with van der Waals surface area (Å²) in [7, 11) is 0. The third kappa shape index (κ3) is 4.32. The number of hydrogen-bond donors (Lipinski definition) is 1. The highest BCUT2D eigenvalue weighted by molar-refractivity contribution is 5.78. The highest BCUT2D eigenvalue weighted by atomic mass is 16.5. The topological polar surface area (TPSA) is 71.7 Å². The summed E-state index contributed by atoms with van der Waals surface area (Å²) in [5.41, 5.74) is 6.32. The molecule has 0 aliphatic carbocycles. The predicted molar refractivity (Wildman–Crippen MR) is 83.1 cm³/mol. The summed E-state index contributed by atoms with van der Waals surface area (Å²) >= 11 is 0. The first-order chi connectivity index (χ1) is 9.87. The van der Waals surface area contributed by atoms with Crippen molar-refractivity contribution < 1.29 is 9.53 Å². The van der Waals surface area contributed by atoms with E-state index >= 15 is 0 Å². The second-order valence-electron chi connectivity index (χ2n) is 6.19. The summed E-state index contributed by atoms with van der Waals surface area (Å²) in [5.74, 6) is 0.842. The van der Waals surface area contributed by atoms with Crippen LogP contribution in [0.3, 0.4) is 0 Å². The molecular formula is C15H24N4O2. The minimum absolute atomic E-state index is 0.0403. The molecule has 0 spiro atoms. The molecule has 21 heavy (non-hydrogen) atoms. The van der Waals surface area contributed by atoms with E-state index < -0.39 is 0 Å². The summed E-state index contributed by atoms with van der Waals surface area (Å²) in [5, 5.41) is 0. The third-order valence-corrected chi connectivity index (χ3v) is 3.38. The van der Waals surface area contributed by atoms with Crippen molar-refractivity contribution in [3.8, 4) is 0 Å². The van der Waals surface area contributed by atoms with Gasteiger partial charge in [-0.05, 0) is 32.9 Å². The van der Waals surface area contributed by atoms with Gasteiger partial charge in [0.2, 0.25) is 5.91 Å². The number of nitrogens with two attached hydrogens (primary N) is 1. The van der Waals surface area contributed by atoms with Gasteiger partial charge in [-0.1, -0.05) is 0 Å². The van der Waals surface area contributed by atoms with Crippen molar-refractivity contribution in [2.75, 3.05) is 43.4 Å². The Morgan fingerprint density at radius 3 is 2.57 bits per heavy atom. The molecule has 0 aromatic carbocycles. The molecule has 0 unspecified atom stereocenters. The molecule has 1 aliphatic heterocycles. The first kappa shape index (κ1) is 15.6. The fraction of sp³-hybridized carbons (Fsp3) is 0.600. The summed E-state index contributed by atoms with van der Waals surface area (Å²) in [6.07, 6.45) is 1.74. The van der Waals surface area contributed by atoms with Gasteiger partial charge >= 0.3 is 0 Å². The maximum atomic E-state index is 12.1. The minimum Gasteiger partial charge on any atom is -0.396 e. The van der Waals surface area contributed by atoms with Gasteiger partial charge in [0, 0.05) is 32.4 Å². The molecule has 2 rings (SSSR count). The highest BCUT2D eigenvalue weighted by Crippen LogP contribution is 2.20. The number of piperazine rings is 1. The van der Waals surface area contributed by atoms with Gasteiger partial charge in [0.25, 0.3) is 0 Å². The van der Waals surface area contributed by atoms with Crippen LogP contribution in [0.2, 0.25) is 0 Å². The largest absolute Gasteiger partial charge is 0.396 e. The number of amides is 1. The summed E-state index contributed by atoms with van der Waals surface area (Å²) in [6.45, 7) is 8.79. The Hall–Kier alpha value is -1.82. The fourth-order valence-electron chi connectivity index (χ4n) is 2.21. The Morgan fingerprint density at radius 2 is 2.00 bits per heavy atom. The van der Waals surface area contributed by atoms with Crippen molar-refractivity contribution in [1.29, 1.82) is 0 Å². The molecule has 0 bridgehead atoms. The van der Waals surface area contributed by atoms with Gasteiger partial charge in [-0.3, -0.25) is 4.79 Å². The van der Waals surface area contributed by atoms with E-state index in [0.717, 1.165) is 18.9 Å². The normalized spacial score (nSPS) is 16.1. The van der Waals surface area contributed by atoms with Crippen LogP contribution in [-0.4, -0.2) is 54.2 Å². The van der Waals surface area contributed by atoms with Crippen LogP contribution in [0.25, 0.3) is 0 Å². The number of hydrogen-bond acceptors (Lipinski definition) is 5. The molecule has 1 fully saturated rings. The second kappa shape index (κ2) is 6.30. The van der Waals surface area contributed by atoms with Crippen LogP contribution >= 0.6 is 0 Å². The number of anilines is 2. The van der Waals surface area contributed by atoms with Gasteiger partial charge in [-0.25, -0.2) is 4.98 Å². The zero-order chi connectivity index (χ0) is 15.5. The number of nitrogens with zero attached hydrogens (tertiary/aromatic N) is 3. The van der Waals surface area contributed by atoms with Crippen LogP contribution in [0.1, 0.15) is 20.8 Å². The zero-order valence-electron chi connectivity index (χ0n) is 13.0. The van der Waals surface area contributed by atoms with E-state index in [1.807, 2.05) is 37.8 Å². The molecule has 6 heteroatoms. The molecule has 1 aliphatic rings. The first-order valence-corrected chi connectivity index (χ1v) is 7.24. The second-order valence-corrected chi connectivity index (χ2v) is 6.19. The number of rotatable bonds is 3. The lowest BCUT2D eigenvalue weighted by Crippen LogP contribution is -2.50. The molecule has 1 aromatic rings. The van der Waals surface area contributed by atoms with Gasteiger partial charge < -0.3 is 20.3 Å². The predicted octanol–water partition coefficient (Wildman–Crippen LogP) is 1.13. The van der Waals surface area contributed by atoms with E-state index in [1.54, 1.807) is 6.20 Å². The van der Waals surface area contributed by atoms with Gasteiger partial charge in [0.05, 0.1) is 11.3 Å². The van der Waals surface area contributed by atoms with Crippen molar-refractivity contribution in [2.45, 2.75) is 26.4 Å². The molecule has 0 atom stereocenters. The molecule has 116 valence electrons. The van der Waals surface area contributed by atoms with E-state index in [9.17, 15) is 4.79 Å². The fourth-order valence-corrected chi connectivity index (χ4v) is 2.21. The van der Waals surface area contributed by atoms with E-state index in [0.29, 0.717) is 18.8 Å². The van der Waals surface area contributed by atoms with Crippen LogP contribution in [-0.2, 0) is 9.53 Å². The maximum absolute atomic E-state index is 12.1. The average molecular weight is 292 g/mol. The summed E-state index contributed by atoms with van der Waals surface area (Å²) in [6, 6.07) is 3.67. The van der Waals surface area contributed by atoms with Crippen LogP contribution in [0, 0.1) is 0 Å². The SMILES string of the molecule is CC(C)(C)OCC(=O)N1CCN(c2ncccc2N)CC1. The smallest absolute Gasteiger partial charge is 0.248 e. The van der Waals surface area contributed by atoms with E-state index in [-0.39, 0.29) is 18.1 Å². The lowest BCUT2D eigenvalue weighted by Gasteiger charge is -2.36. The number of aromatic nitrogens is 1. The Balaban J connectivity index is 1.86. The van der Waals surface area contributed by atoms with Crippen LogP contribution in [0.15, 0.2) is 18.3 Å². The van der Waals surface area contributed by atoms with Crippen LogP contribution < -0.4 is 10.6 Å². The molecule has 2 heterocycles. The van der Waals surface area contributed by atoms with Gasteiger partial charge in [0.15, 0.2) is 5.82 Å². The average Bonchev–Trinajstić information content (AvgIpc) is 2.45. The van der Waals surface area contributed by atoms with Crippen LogP contribution in [0.4, 0.5) is 11.5 Å². The van der Waals surface area contributed by atoms with Gasteiger partial charge in [-0.15, -0.1) is 0 Å². The number of pyridine rings is 1. The summed E-state index contributed by atoms with van der Waals surface area (Å²) in [4.78, 5) is 20.4. The van der Waals surface area contributed by atoms with Crippen molar-refractivity contribution >= 4 is 17.4 Å². The third-order valence-electron chi connectivity index (χ3n) is 3.38. The van der Waals surface area contributed by atoms with Crippen LogP contribution in [0.5, 0.6) is 0 Å². The number of carbonyl (C=O) groups excluding carboxylic acids is 1. The lowest BCUT2D eigenvalue weighted by molar-refractivity contribution is -0.141. The Kier molecular flexibility index (Phi) is 4.67. The minimum atomic E-state index is -0.292. The molecular weight excluding hydrogens is 268 g/mol. The quantitative estimate of drug-likeness (QED) is 0.904. The van der Waals surface area contributed by atoms with Crippen molar-refractivity contribution in [1.82, 2.24) is 9.88 Å². The number of ether oxygens (including phenoxy) is 1. The first-order valence-electron chi connectivity index (χ1n) is 7.24. The highest BCUT2D eigenvalue weighted by Gasteiger charge is 2.24. The number of nitrogen functional groups attached to an aromatic ring is 1. The molecule has 6 nitrogen and oxygen atoms in total. The Bertz CT molecular complexity index is 491. The van der Waals surface area contributed by atoms with Crippen molar-refractivity contribution in [3.63, 3.8) is 0 Å². The van der Waals surface area contributed by atoms with Gasteiger partial charge in [-0.2, -0.15) is 0 Å².